The van der Waals surface area contributed by atoms with Crippen LogP contribution >= 0.6 is 0 Å². The highest BCUT2D eigenvalue weighted by Gasteiger charge is 2.32. The molecule has 204 valence electrons. The van der Waals surface area contributed by atoms with Crippen molar-refractivity contribution in [2.24, 2.45) is 0 Å². The van der Waals surface area contributed by atoms with Crippen LogP contribution in [0.5, 0.6) is 0 Å². The predicted octanol–water partition coefficient (Wildman–Crippen LogP) is 6.83. The Morgan fingerprint density at radius 1 is 0.811 bits per heavy atom. The van der Waals surface area contributed by atoms with Gasteiger partial charge in [0, 0.05) is 44.8 Å². The summed E-state index contributed by atoms with van der Waals surface area (Å²) >= 11 is 0. The van der Waals surface area contributed by atoms with Gasteiger partial charge in [-0.2, -0.15) is 13.2 Å². The van der Waals surface area contributed by atoms with Crippen molar-refractivity contribution in [3.8, 4) is 0 Å². The molecule has 37 heavy (non-hydrogen) atoms. The van der Waals surface area contributed by atoms with Crippen molar-refractivity contribution in [3.63, 3.8) is 0 Å². The van der Waals surface area contributed by atoms with E-state index in [1.165, 1.54) is 55.4 Å². The predicted molar refractivity (Wildman–Crippen MR) is 146 cm³/mol. The molecule has 2 fully saturated rings. The topological polar surface area (TPSA) is 18.5 Å². The fraction of sp³-hybridized carbons (Fsp3) is 0.613. The Morgan fingerprint density at radius 3 is 1.97 bits per heavy atom. The van der Waals surface area contributed by atoms with Gasteiger partial charge in [0.1, 0.15) is 0 Å². The van der Waals surface area contributed by atoms with Crippen molar-refractivity contribution in [2.75, 3.05) is 39.3 Å². The van der Waals surface area contributed by atoms with Gasteiger partial charge in [0.05, 0.1) is 5.56 Å². The van der Waals surface area contributed by atoms with E-state index in [-0.39, 0.29) is 11.5 Å². The Balaban J connectivity index is 1.37. The molecule has 1 heterocycles. The molecule has 3 nitrogen and oxygen atoms in total. The van der Waals surface area contributed by atoms with E-state index in [1.807, 2.05) is 0 Å². The van der Waals surface area contributed by atoms with Gasteiger partial charge in [-0.05, 0) is 60.0 Å². The highest BCUT2D eigenvalue weighted by molar-refractivity contribution is 5.28. The zero-order valence-corrected chi connectivity index (χ0v) is 22.8. The largest absolute Gasteiger partial charge is 0.416 e. The summed E-state index contributed by atoms with van der Waals surface area (Å²) in [6, 6.07) is 15.4. The van der Waals surface area contributed by atoms with E-state index in [0.717, 1.165) is 51.3 Å². The third-order valence-corrected chi connectivity index (χ3v) is 8.25. The lowest BCUT2D eigenvalue weighted by molar-refractivity contribution is -0.137. The standard InChI is InChI=1S/C31H44F3N3/c1-30(2,3)26-13-9-24(10-14-26)17-18-35-23-29(25-11-15-27(16-12-25)31(32,33)34)37-21-19-36(20-22-37)28-7-5-4-6-8-28/h9-16,28-29,35H,4-8,17-23H2,1-3H3. The zero-order chi connectivity index (χ0) is 26.5. The summed E-state index contributed by atoms with van der Waals surface area (Å²) in [5.41, 5.74) is 3.16. The summed E-state index contributed by atoms with van der Waals surface area (Å²) in [6.45, 7) is 12.2. The van der Waals surface area contributed by atoms with E-state index < -0.39 is 11.7 Å². The van der Waals surface area contributed by atoms with Crippen molar-refractivity contribution in [3.05, 3.63) is 70.8 Å². The van der Waals surface area contributed by atoms with Crippen molar-refractivity contribution in [1.29, 1.82) is 0 Å². The second-order valence-corrected chi connectivity index (χ2v) is 11.9. The molecule has 1 N–H and O–H groups in total. The maximum Gasteiger partial charge on any atom is 0.416 e. The van der Waals surface area contributed by atoms with Crippen molar-refractivity contribution >= 4 is 0 Å². The first kappa shape index (κ1) is 28.1. The summed E-state index contributed by atoms with van der Waals surface area (Å²) in [4.78, 5) is 5.11. The monoisotopic (exact) mass is 515 g/mol. The molecule has 2 aromatic rings. The SMILES string of the molecule is CC(C)(C)c1ccc(CCNCC(c2ccc(C(F)(F)F)cc2)N2CCN(C3CCCCC3)CC2)cc1. The molecule has 2 aliphatic rings. The fourth-order valence-corrected chi connectivity index (χ4v) is 5.86. The normalized spacial score (nSPS) is 19.7. The summed E-state index contributed by atoms with van der Waals surface area (Å²) in [5, 5.41) is 3.62. The van der Waals surface area contributed by atoms with Crippen LogP contribution in [0.4, 0.5) is 13.2 Å². The molecule has 0 aromatic heterocycles. The van der Waals surface area contributed by atoms with Crippen molar-refractivity contribution in [1.82, 2.24) is 15.1 Å². The Kier molecular flexibility index (Phi) is 9.36. The molecule has 0 bridgehead atoms. The average molecular weight is 516 g/mol. The Hall–Kier alpha value is -1.89. The van der Waals surface area contributed by atoms with Crippen LogP contribution < -0.4 is 5.32 Å². The molecular formula is C31H44F3N3. The number of benzene rings is 2. The summed E-state index contributed by atoms with van der Waals surface area (Å²) < 4.78 is 39.5. The van der Waals surface area contributed by atoms with Crippen LogP contribution in [0.15, 0.2) is 48.5 Å². The number of alkyl halides is 3. The first-order chi connectivity index (χ1) is 17.6. The lowest BCUT2D eigenvalue weighted by Crippen LogP contribution is -2.52. The van der Waals surface area contributed by atoms with Crippen LogP contribution in [0.25, 0.3) is 0 Å². The van der Waals surface area contributed by atoms with Crippen molar-refractivity contribution < 1.29 is 13.2 Å². The molecule has 0 radical (unpaired) electrons. The van der Waals surface area contributed by atoms with Gasteiger partial charge in [-0.1, -0.05) is 76.4 Å². The Morgan fingerprint density at radius 2 is 1.41 bits per heavy atom. The number of hydrogen-bond acceptors (Lipinski definition) is 3. The zero-order valence-electron chi connectivity index (χ0n) is 22.8. The molecule has 0 amide bonds. The maximum atomic E-state index is 13.2. The number of halogens is 3. The Bertz CT molecular complexity index is 949. The fourth-order valence-electron chi connectivity index (χ4n) is 5.86. The molecule has 1 aliphatic carbocycles. The van der Waals surface area contributed by atoms with Crippen LogP contribution in [-0.2, 0) is 18.0 Å². The highest BCUT2D eigenvalue weighted by Crippen LogP contribution is 2.32. The summed E-state index contributed by atoms with van der Waals surface area (Å²) in [5.74, 6) is 0. The first-order valence-corrected chi connectivity index (χ1v) is 14.1. The molecule has 1 saturated heterocycles. The van der Waals surface area contributed by atoms with E-state index in [2.05, 4.69) is 60.2 Å². The first-order valence-electron chi connectivity index (χ1n) is 14.1. The van der Waals surface area contributed by atoms with Crippen LogP contribution in [0.3, 0.4) is 0 Å². The number of nitrogens with zero attached hydrogens (tertiary/aromatic N) is 2. The number of nitrogens with one attached hydrogen (secondary N) is 1. The van der Waals surface area contributed by atoms with Gasteiger partial charge in [-0.3, -0.25) is 9.80 Å². The van der Waals surface area contributed by atoms with Crippen LogP contribution in [0, 0.1) is 0 Å². The van der Waals surface area contributed by atoms with E-state index in [0.29, 0.717) is 6.04 Å². The number of piperazine rings is 1. The molecule has 1 aliphatic heterocycles. The van der Waals surface area contributed by atoms with Gasteiger partial charge in [-0.25, -0.2) is 0 Å². The molecule has 1 atom stereocenters. The molecule has 0 spiro atoms. The van der Waals surface area contributed by atoms with Gasteiger partial charge < -0.3 is 5.32 Å². The van der Waals surface area contributed by atoms with Crippen LogP contribution in [0.1, 0.15) is 81.2 Å². The molecule has 1 saturated carbocycles. The molecular weight excluding hydrogens is 471 g/mol. The van der Waals surface area contributed by atoms with Gasteiger partial charge in [-0.15, -0.1) is 0 Å². The second kappa shape index (κ2) is 12.3. The molecule has 6 heteroatoms. The minimum absolute atomic E-state index is 0.0686. The minimum Gasteiger partial charge on any atom is -0.314 e. The van der Waals surface area contributed by atoms with Crippen molar-refractivity contribution in [2.45, 2.75) is 83.0 Å². The lowest BCUT2D eigenvalue weighted by atomic mass is 9.86. The molecule has 2 aromatic carbocycles. The van der Waals surface area contributed by atoms with Gasteiger partial charge in [0.25, 0.3) is 0 Å². The highest BCUT2D eigenvalue weighted by atomic mass is 19.4. The van der Waals surface area contributed by atoms with Gasteiger partial charge in [0.15, 0.2) is 0 Å². The van der Waals surface area contributed by atoms with E-state index >= 15 is 0 Å². The third-order valence-electron chi connectivity index (χ3n) is 8.25. The summed E-state index contributed by atoms with van der Waals surface area (Å²) in [6.07, 6.45) is 3.27. The minimum atomic E-state index is -4.31. The van der Waals surface area contributed by atoms with Gasteiger partial charge in [0.2, 0.25) is 0 Å². The Labute approximate surface area is 221 Å². The summed E-state index contributed by atoms with van der Waals surface area (Å²) in [7, 11) is 0. The molecule has 4 rings (SSSR count). The van der Waals surface area contributed by atoms with E-state index in [9.17, 15) is 13.2 Å². The third kappa shape index (κ3) is 7.81. The van der Waals surface area contributed by atoms with E-state index in [1.54, 1.807) is 12.1 Å². The number of hydrogen-bond donors (Lipinski definition) is 1. The second-order valence-electron chi connectivity index (χ2n) is 11.9. The molecule has 1 unspecified atom stereocenters. The quantitative estimate of drug-likeness (QED) is 0.389. The lowest BCUT2D eigenvalue weighted by Gasteiger charge is -2.43. The van der Waals surface area contributed by atoms with Gasteiger partial charge >= 0.3 is 6.18 Å². The van der Waals surface area contributed by atoms with Crippen LogP contribution in [0.2, 0.25) is 0 Å². The van der Waals surface area contributed by atoms with Crippen LogP contribution in [-0.4, -0.2) is 55.1 Å². The van der Waals surface area contributed by atoms with E-state index in [4.69, 9.17) is 0 Å². The average Bonchev–Trinajstić information content (AvgIpc) is 2.89. The maximum absolute atomic E-state index is 13.2. The number of rotatable bonds is 8. The smallest absolute Gasteiger partial charge is 0.314 e.